The number of nitrogens with one attached hydrogen (secondary N) is 1. The summed E-state index contributed by atoms with van der Waals surface area (Å²) in [4.78, 5) is 36.6. The van der Waals surface area contributed by atoms with Crippen LogP contribution in [0.15, 0.2) is 6.20 Å². The Hall–Kier alpha value is -2.18. The fraction of sp³-hybridized carbons (Fsp3) is 0.667. The van der Waals surface area contributed by atoms with Gasteiger partial charge in [0.05, 0.1) is 11.7 Å². The molecule has 1 aromatic rings. The lowest BCUT2D eigenvalue weighted by Crippen LogP contribution is -2.32. The normalized spacial score (nSPS) is 19.7. The Morgan fingerprint density at radius 2 is 2.20 bits per heavy atom. The highest BCUT2D eigenvalue weighted by atomic mass is 16.2. The summed E-state index contributed by atoms with van der Waals surface area (Å²) in [7, 11) is 3.85. The molecule has 0 unspecified atom stereocenters. The topological polar surface area (TPSA) is 78.4 Å². The molecule has 1 aromatic heterocycles. The zero-order chi connectivity index (χ0) is 17.8. The van der Waals surface area contributed by atoms with E-state index in [9.17, 15) is 9.59 Å². The van der Waals surface area contributed by atoms with Gasteiger partial charge in [-0.3, -0.25) is 9.59 Å². The van der Waals surface area contributed by atoms with Crippen molar-refractivity contribution in [1.82, 2.24) is 20.2 Å². The monoisotopic (exact) mass is 345 g/mol. The number of hydrogen-bond donors (Lipinski definition) is 1. The van der Waals surface area contributed by atoms with Gasteiger partial charge in [0, 0.05) is 51.8 Å². The molecule has 1 atom stereocenters. The van der Waals surface area contributed by atoms with Gasteiger partial charge in [0.1, 0.15) is 0 Å². The average molecular weight is 345 g/mol. The predicted octanol–water partition coefficient (Wildman–Crippen LogP) is 1.44. The van der Waals surface area contributed by atoms with E-state index in [-0.39, 0.29) is 17.9 Å². The Balaban J connectivity index is 1.53. The van der Waals surface area contributed by atoms with E-state index >= 15 is 0 Å². The smallest absolute Gasteiger partial charge is 0.225 e. The molecule has 25 heavy (non-hydrogen) atoms. The first-order valence-electron chi connectivity index (χ1n) is 9.15. The number of aromatic nitrogens is 2. The number of fused-ring (bicyclic) bond motifs is 1. The summed E-state index contributed by atoms with van der Waals surface area (Å²) < 4.78 is 0. The van der Waals surface area contributed by atoms with Gasteiger partial charge in [-0.1, -0.05) is 0 Å². The molecule has 1 aliphatic heterocycles. The quantitative estimate of drug-likeness (QED) is 0.844. The number of carbonyl (C=O) groups excluding carboxylic acids is 2. The number of anilines is 1. The second-order valence-corrected chi connectivity index (χ2v) is 7.07. The van der Waals surface area contributed by atoms with Gasteiger partial charge in [-0.15, -0.1) is 0 Å². The van der Waals surface area contributed by atoms with Gasteiger partial charge < -0.3 is 15.1 Å². The van der Waals surface area contributed by atoms with Gasteiger partial charge in [0.15, 0.2) is 0 Å². The van der Waals surface area contributed by atoms with Crippen LogP contribution in [0.25, 0.3) is 0 Å². The van der Waals surface area contributed by atoms with Gasteiger partial charge in [-0.05, 0) is 32.1 Å². The summed E-state index contributed by atoms with van der Waals surface area (Å²) in [6, 6.07) is 0.000816. The first-order chi connectivity index (χ1) is 12.0. The number of amides is 2. The number of aryl methyl sites for hydroxylation is 1. The fourth-order valence-corrected chi connectivity index (χ4v) is 3.54. The molecule has 1 aliphatic carbocycles. The molecule has 2 amide bonds. The van der Waals surface area contributed by atoms with E-state index < -0.39 is 0 Å². The Kier molecular flexibility index (Phi) is 5.50. The zero-order valence-electron chi connectivity index (χ0n) is 15.1. The van der Waals surface area contributed by atoms with Gasteiger partial charge in [-0.25, -0.2) is 9.97 Å². The molecule has 2 heterocycles. The van der Waals surface area contributed by atoms with E-state index in [2.05, 4.69) is 15.3 Å². The third-order valence-electron chi connectivity index (χ3n) is 4.91. The van der Waals surface area contributed by atoms with Crippen molar-refractivity contribution in [2.45, 2.75) is 51.0 Å². The molecule has 1 N–H and O–H groups in total. The van der Waals surface area contributed by atoms with E-state index in [1.165, 1.54) is 0 Å². The van der Waals surface area contributed by atoms with E-state index in [4.69, 9.17) is 0 Å². The Morgan fingerprint density at radius 3 is 2.92 bits per heavy atom. The van der Waals surface area contributed by atoms with Crippen molar-refractivity contribution in [3.63, 3.8) is 0 Å². The highest BCUT2D eigenvalue weighted by molar-refractivity contribution is 5.78. The van der Waals surface area contributed by atoms with Crippen LogP contribution in [0.1, 0.15) is 55.8 Å². The molecule has 136 valence electrons. The van der Waals surface area contributed by atoms with E-state index in [0.29, 0.717) is 31.8 Å². The van der Waals surface area contributed by atoms with Crippen LogP contribution in [0, 0.1) is 0 Å². The van der Waals surface area contributed by atoms with Gasteiger partial charge in [0.25, 0.3) is 0 Å². The minimum absolute atomic E-state index is 0.000816. The summed E-state index contributed by atoms with van der Waals surface area (Å²) in [5, 5.41) is 3.12. The maximum absolute atomic E-state index is 12.3. The molecule has 1 saturated heterocycles. The third-order valence-corrected chi connectivity index (χ3v) is 4.91. The van der Waals surface area contributed by atoms with Crippen molar-refractivity contribution in [1.29, 1.82) is 0 Å². The SMILES string of the molecule is CN(C)c1ncc2c(n1)CCC[C@@H]2NC(=O)CCCN1CCCC1=O. The maximum Gasteiger partial charge on any atom is 0.225 e. The fourth-order valence-electron chi connectivity index (χ4n) is 3.54. The zero-order valence-corrected chi connectivity index (χ0v) is 15.1. The van der Waals surface area contributed by atoms with Gasteiger partial charge >= 0.3 is 0 Å². The van der Waals surface area contributed by atoms with Crippen molar-refractivity contribution in [3.05, 3.63) is 17.5 Å². The molecule has 2 aliphatic rings. The largest absolute Gasteiger partial charge is 0.349 e. The maximum atomic E-state index is 12.3. The molecule has 0 spiro atoms. The van der Waals surface area contributed by atoms with Crippen molar-refractivity contribution >= 4 is 17.8 Å². The molecule has 7 heteroatoms. The Labute approximate surface area is 148 Å². The molecular formula is C18H27N5O2. The first-order valence-corrected chi connectivity index (χ1v) is 9.15. The highest BCUT2D eigenvalue weighted by Crippen LogP contribution is 2.29. The summed E-state index contributed by atoms with van der Waals surface area (Å²) in [5.41, 5.74) is 2.08. The van der Waals surface area contributed by atoms with Crippen LogP contribution in [-0.4, -0.2) is 53.9 Å². The molecule has 7 nitrogen and oxygen atoms in total. The average Bonchev–Trinajstić information content (AvgIpc) is 3.00. The molecule has 3 rings (SSSR count). The molecule has 0 aromatic carbocycles. The van der Waals surface area contributed by atoms with Crippen molar-refractivity contribution in [2.24, 2.45) is 0 Å². The molecular weight excluding hydrogens is 318 g/mol. The van der Waals surface area contributed by atoms with Crippen LogP contribution >= 0.6 is 0 Å². The second kappa shape index (κ2) is 7.80. The predicted molar refractivity (Wildman–Crippen MR) is 95.2 cm³/mol. The molecule has 0 bridgehead atoms. The Bertz CT molecular complexity index is 646. The standard InChI is InChI=1S/C18H27N5O2/c1-22(2)18-19-12-13-14(6-3-7-15(13)21-18)20-16(24)8-4-10-23-11-5-9-17(23)25/h12,14H,3-11H2,1-2H3,(H,20,24)/t14-/m0/s1. The minimum atomic E-state index is 0.000816. The lowest BCUT2D eigenvalue weighted by Gasteiger charge is -2.26. The van der Waals surface area contributed by atoms with E-state index in [1.807, 2.05) is 30.1 Å². The number of carbonyl (C=O) groups is 2. The van der Waals surface area contributed by atoms with Gasteiger partial charge in [-0.2, -0.15) is 0 Å². The number of likely N-dealkylation sites (tertiary alicyclic amines) is 1. The third kappa shape index (κ3) is 4.27. The summed E-state index contributed by atoms with van der Waals surface area (Å²) in [5.74, 6) is 0.970. The number of nitrogens with zero attached hydrogens (tertiary/aromatic N) is 4. The van der Waals surface area contributed by atoms with Gasteiger partial charge in [0.2, 0.25) is 17.8 Å². The summed E-state index contributed by atoms with van der Waals surface area (Å²) in [6.45, 7) is 1.52. The molecule has 0 saturated carbocycles. The number of hydrogen-bond acceptors (Lipinski definition) is 5. The molecule has 1 fully saturated rings. The van der Waals surface area contributed by atoms with E-state index in [0.717, 1.165) is 43.5 Å². The Morgan fingerprint density at radius 1 is 1.36 bits per heavy atom. The summed E-state index contributed by atoms with van der Waals surface area (Å²) in [6.07, 6.45) is 7.49. The number of rotatable bonds is 6. The van der Waals surface area contributed by atoms with Crippen LogP contribution in [-0.2, 0) is 16.0 Å². The lowest BCUT2D eigenvalue weighted by molar-refractivity contribution is -0.128. The summed E-state index contributed by atoms with van der Waals surface area (Å²) >= 11 is 0. The highest BCUT2D eigenvalue weighted by Gasteiger charge is 2.24. The van der Waals surface area contributed by atoms with Crippen LogP contribution in [0.5, 0.6) is 0 Å². The van der Waals surface area contributed by atoms with Crippen molar-refractivity contribution in [2.75, 3.05) is 32.1 Å². The van der Waals surface area contributed by atoms with Crippen LogP contribution in [0.4, 0.5) is 5.95 Å². The van der Waals surface area contributed by atoms with Crippen LogP contribution in [0.2, 0.25) is 0 Å². The van der Waals surface area contributed by atoms with Crippen LogP contribution in [0.3, 0.4) is 0 Å². The second-order valence-electron chi connectivity index (χ2n) is 7.07. The van der Waals surface area contributed by atoms with Crippen LogP contribution < -0.4 is 10.2 Å². The molecule has 0 radical (unpaired) electrons. The van der Waals surface area contributed by atoms with Crippen molar-refractivity contribution in [3.8, 4) is 0 Å². The van der Waals surface area contributed by atoms with E-state index in [1.54, 1.807) is 0 Å². The minimum Gasteiger partial charge on any atom is -0.349 e. The van der Waals surface area contributed by atoms with Crippen molar-refractivity contribution < 1.29 is 9.59 Å². The first kappa shape index (κ1) is 17.6. The lowest BCUT2D eigenvalue weighted by atomic mass is 9.92.